The number of hydrogen-bond donors (Lipinski definition) is 1. The van der Waals surface area contributed by atoms with Crippen LogP contribution in [0.25, 0.3) is 0 Å². The molecule has 4 rings (SSSR count). The Morgan fingerprint density at radius 3 is 2.89 bits per heavy atom. The highest BCUT2D eigenvalue weighted by Crippen LogP contribution is 2.44. The molecular formula is C20H20F2N2O3. The lowest BCUT2D eigenvalue weighted by atomic mass is 9.91. The van der Waals surface area contributed by atoms with Crippen molar-refractivity contribution in [3.05, 3.63) is 59.5 Å². The molecule has 1 heterocycles. The molecule has 2 aliphatic rings. The molecular weight excluding hydrogens is 354 g/mol. The molecule has 2 bridgehead atoms. The van der Waals surface area contributed by atoms with E-state index in [4.69, 9.17) is 9.26 Å². The van der Waals surface area contributed by atoms with Gasteiger partial charge in [0.15, 0.2) is 23.0 Å². The van der Waals surface area contributed by atoms with Gasteiger partial charge in [-0.3, -0.25) is 4.79 Å². The summed E-state index contributed by atoms with van der Waals surface area (Å²) in [5.41, 5.74) is 0.154. The van der Waals surface area contributed by atoms with E-state index in [0.29, 0.717) is 18.4 Å². The minimum absolute atomic E-state index is 0.0984. The Bertz CT molecular complexity index is 865. The minimum Gasteiger partial charge on any atom is -0.482 e. The third kappa shape index (κ3) is 4.02. The number of nitrogens with zero attached hydrogens (tertiary/aromatic N) is 1. The smallest absolute Gasteiger partial charge is 0.273 e. The van der Waals surface area contributed by atoms with E-state index in [0.717, 1.165) is 24.5 Å². The van der Waals surface area contributed by atoms with E-state index in [-0.39, 0.29) is 29.7 Å². The van der Waals surface area contributed by atoms with E-state index < -0.39 is 11.6 Å². The number of aromatic nitrogens is 1. The molecule has 3 atom stereocenters. The molecule has 5 nitrogen and oxygen atoms in total. The van der Waals surface area contributed by atoms with Gasteiger partial charge in [0, 0.05) is 18.7 Å². The Morgan fingerprint density at radius 2 is 2.15 bits per heavy atom. The van der Waals surface area contributed by atoms with E-state index in [1.165, 1.54) is 25.0 Å². The summed E-state index contributed by atoms with van der Waals surface area (Å²) in [5.74, 6) is 0.418. The van der Waals surface area contributed by atoms with Crippen LogP contribution in [0.15, 0.2) is 40.9 Å². The number of carbonyl (C=O) groups is 1. The van der Waals surface area contributed by atoms with Gasteiger partial charge in [-0.15, -0.1) is 0 Å². The maximum atomic E-state index is 13.5. The van der Waals surface area contributed by atoms with Crippen LogP contribution in [0.2, 0.25) is 0 Å². The fourth-order valence-corrected chi connectivity index (χ4v) is 3.92. The lowest BCUT2D eigenvalue weighted by molar-refractivity contribution is 0.0941. The van der Waals surface area contributed by atoms with E-state index >= 15 is 0 Å². The van der Waals surface area contributed by atoms with E-state index in [2.05, 4.69) is 22.6 Å². The Labute approximate surface area is 155 Å². The molecule has 7 heteroatoms. The highest BCUT2D eigenvalue weighted by Gasteiger charge is 2.35. The first-order chi connectivity index (χ1) is 13.1. The predicted octanol–water partition coefficient (Wildman–Crippen LogP) is 3.86. The number of rotatable bonds is 7. The van der Waals surface area contributed by atoms with Gasteiger partial charge in [0.1, 0.15) is 12.4 Å². The van der Waals surface area contributed by atoms with E-state index in [1.807, 2.05) is 0 Å². The standard InChI is InChI=1S/C20H20F2N2O3/c21-15-3-4-19(17(22)9-15)26-11-16-10-18(24-27-16)20(25)23-6-5-14-8-12-1-2-13(14)7-12/h1-4,9-10,12-14H,5-8,11H2,(H,23,25)/t12-,13+,14-/m1/s1. The number of hydrogen-bond acceptors (Lipinski definition) is 4. The first-order valence-electron chi connectivity index (χ1n) is 9.08. The summed E-state index contributed by atoms with van der Waals surface area (Å²) in [6.07, 6.45) is 8.02. The molecule has 1 fully saturated rings. The van der Waals surface area contributed by atoms with Gasteiger partial charge in [-0.2, -0.15) is 0 Å². The average molecular weight is 374 g/mol. The lowest BCUT2D eigenvalue weighted by Gasteiger charge is -2.17. The Balaban J connectivity index is 1.24. The number of carbonyl (C=O) groups excluding carboxylic acids is 1. The van der Waals surface area contributed by atoms with Gasteiger partial charge >= 0.3 is 0 Å². The summed E-state index contributed by atoms with van der Waals surface area (Å²) in [6.45, 7) is 0.486. The molecule has 0 unspecified atom stereocenters. The normalized spacial score (nSPS) is 23.0. The van der Waals surface area contributed by atoms with Gasteiger partial charge in [0.2, 0.25) is 0 Å². The molecule has 1 N–H and O–H groups in total. The van der Waals surface area contributed by atoms with Gasteiger partial charge in [-0.25, -0.2) is 8.78 Å². The van der Waals surface area contributed by atoms with Crippen molar-refractivity contribution in [1.29, 1.82) is 0 Å². The van der Waals surface area contributed by atoms with Crippen molar-refractivity contribution in [3.8, 4) is 5.75 Å². The van der Waals surface area contributed by atoms with Gasteiger partial charge in [-0.1, -0.05) is 17.3 Å². The predicted molar refractivity (Wildman–Crippen MR) is 93.0 cm³/mol. The number of allylic oxidation sites excluding steroid dienone is 2. The summed E-state index contributed by atoms with van der Waals surface area (Å²) >= 11 is 0. The highest BCUT2D eigenvalue weighted by atomic mass is 19.1. The molecule has 2 aromatic rings. The largest absolute Gasteiger partial charge is 0.482 e. The molecule has 1 amide bonds. The first-order valence-corrected chi connectivity index (χ1v) is 9.08. The van der Waals surface area contributed by atoms with Crippen LogP contribution in [-0.2, 0) is 6.61 Å². The Hall–Kier alpha value is -2.70. The molecule has 0 saturated heterocycles. The molecule has 27 heavy (non-hydrogen) atoms. The zero-order chi connectivity index (χ0) is 18.8. The van der Waals surface area contributed by atoms with Crippen LogP contribution in [0.3, 0.4) is 0 Å². The number of ether oxygens (including phenoxy) is 1. The molecule has 0 spiro atoms. The minimum atomic E-state index is -0.803. The highest BCUT2D eigenvalue weighted by molar-refractivity contribution is 5.92. The van der Waals surface area contributed by atoms with Crippen molar-refractivity contribution < 1.29 is 22.8 Å². The number of halogens is 2. The molecule has 142 valence electrons. The van der Waals surface area contributed by atoms with Crippen LogP contribution in [0.5, 0.6) is 5.75 Å². The second-order valence-corrected chi connectivity index (χ2v) is 7.13. The van der Waals surface area contributed by atoms with Crippen LogP contribution in [-0.4, -0.2) is 17.6 Å². The maximum Gasteiger partial charge on any atom is 0.273 e. The number of benzene rings is 1. The topological polar surface area (TPSA) is 64.4 Å². The first kappa shape index (κ1) is 17.7. The third-order valence-electron chi connectivity index (χ3n) is 5.27. The number of fused-ring (bicyclic) bond motifs is 2. The zero-order valence-corrected chi connectivity index (χ0v) is 14.7. The molecule has 0 aliphatic heterocycles. The van der Waals surface area contributed by atoms with E-state index in [1.54, 1.807) is 0 Å². The van der Waals surface area contributed by atoms with Crippen LogP contribution >= 0.6 is 0 Å². The summed E-state index contributed by atoms with van der Waals surface area (Å²) in [7, 11) is 0. The SMILES string of the molecule is O=C(NCC[C@@H]1C[C@@H]2C=C[C@H]1C2)c1cc(COc2ccc(F)cc2F)on1. The van der Waals surface area contributed by atoms with Crippen molar-refractivity contribution in [2.24, 2.45) is 17.8 Å². The van der Waals surface area contributed by atoms with Gasteiger partial charge in [-0.05, 0) is 49.1 Å². The molecule has 2 aliphatic carbocycles. The Kier molecular flexibility index (Phi) is 4.92. The summed E-state index contributed by atoms with van der Waals surface area (Å²) in [5, 5.41) is 6.58. The van der Waals surface area contributed by atoms with Crippen molar-refractivity contribution >= 4 is 5.91 Å². The maximum absolute atomic E-state index is 13.5. The molecule has 1 saturated carbocycles. The van der Waals surface area contributed by atoms with Crippen molar-refractivity contribution in [2.75, 3.05) is 6.54 Å². The van der Waals surface area contributed by atoms with Crippen LogP contribution < -0.4 is 10.1 Å². The average Bonchev–Trinajstić information content (AvgIpc) is 3.38. The van der Waals surface area contributed by atoms with Crippen molar-refractivity contribution in [2.45, 2.75) is 25.9 Å². The van der Waals surface area contributed by atoms with Gasteiger partial charge < -0.3 is 14.6 Å². The third-order valence-corrected chi connectivity index (χ3v) is 5.27. The van der Waals surface area contributed by atoms with Crippen LogP contribution in [0.1, 0.15) is 35.5 Å². The van der Waals surface area contributed by atoms with Gasteiger partial charge in [0.25, 0.3) is 5.91 Å². The number of amides is 1. The summed E-state index contributed by atoms with van der Waals surface area (Å²) in [4.78, 5) is 12.2. The fourth-order valence-electron chi connectivity index (χ4n) is 3.92. The fraction of sp³-hybridized carbons (Fsp3) is 0.400. The quantitative estimate of drug-likeness (QED) is 0.748. The number of nitrogens with one attached hydrogen (secondary N) is 1. The van der Waals surface area contributed by atoms with Crippen LogP contribution in [0.4, 0.5) is 8.78 Å². The Morgan fingerprint density at radius 1 is 1.26 bits per heavy atom. The lowest BCUT2D eigenvalue weighted by Crippen LogP contribution is -2.27. The summed E-state index contributed by atoms with van der Waals surface area (Å²) in [6, 6.07) is 4.49. The summed E-state index contributed by atoms with van der Waals surface area (Å²) < 4.78 is 36.7. The molecule has 1 aromatic heterocycles. The zero-order valence-electron chi connectivity index (χ0n) is 14.7. The van der Waals surface area contributed by atoms with Gasteiger partial charge in [0.05, 0.1) is 0 Å². The second-order valence-electron chi connectivity index (χ2n) is 7.13. The van der Waals surface area contributed by atoms with Crippen molar-refractivity contribution in [3.63, 3.8) is 0 Å². The molecule has 0 radical (unpaired) electrons. The molecule has 1 aromatic carbocycles. The van der Waals surface area contributed by atoms with E-state index in [9.17, 15) is 13.6 Å². The van der Waals surface area contributed by atoms with Crippen LogP contribution in [0, 0.1) is 29.4 Å². The monoisotopic (exact) mass is 374 g/mol. The second kappa shape index (κ2) is 7.50. The van der Waals surface area contributed by atoms with Crippen molar-refractivity contribution in [1.82, 2.24) is 10.5 Å².